The van der Waals surface area contributed by atoms with Gasteiger partial charge in [-0.05, 0) is 12.8 Å². The van der Waals surface area contributed by atoms with Gasteiger partial charge in [-0.25, -0.2) is 8.42 Å². The predicted octanol–water partition coefficient (Wildman–Crippen LogP) is -0.535. The third kappa shape index (κ3) is 4.66. The Hall–Kier alpha value is -1.11. The highest BCUT2D eigenvalue weighted by Crippen LogP contribution is 2.28. The molecule has 4 heterocycles. The monoisotopic (exact) mass is 412 g/mol. The third-order valence-electron chi connectivity index (χ3n) is 5.55. The zero-order chi connectivity index (χ0) is 19.7. The number of nitrogens with one attached hydrogen (secondary N) is 2. The van der Waals surface area contributed by atoms with Crippen molar-refractivity contribution in [3.63, 3.8) is 0 Å². The Balaban J connectivity index is 1.45. The van der Waals surface area contributed by atoms with Crippen LogP contribution in [0.2, 0.25) is 0 Å². The van der Waals surface area contributed by atoms with Gasteiger partial charge in [0, 0.05) is 71.5 Å². The van der Waals surface area contributed by atoms with Crippen molar-refractivity contribution >= 4 is 16.0 Å². The van der Waals surface area contributed by atoms with Gasteiger partial charge in [-0.3, -0.25) is 14.8 Å². The number of halogens is 3. The van der Waals surface area contributed by atoms with Crippen LogP contribution in [-0.4, -0.2) is 105 Å². The Morgan fingerprint density at radius 1 is 1.11 bits per heavy atom. The SMILES string of the molecule is CN=C(NCC1CN2CCN1CC2)NC1CCN(S(=O)(=O)C(F)(F)F)CC1. The number of piperazine rings is 3. The van der Waals surface area contributed by atoms with Crippen molar-refractivity contribution in [1.29, 1.82) is 0 Å². The molecule has 0 spiro atoms. The van der Waals surface area contributed by atoms with Crippen LogP contribution in [0, 0.1) is 0 Å². The van der Waals surface area contributed by atoms with E-state index in [1.807, 2.05) is 0 Å². The summed E-state index contributed by atoms with van der Waals surface area (Å²) in [7, 11) is -3.59. The first-order chi connectivity index (χ1) is 12.7. The Kier molecular flexibility index (Phi) is 6.18. The molecule has 12 heteroatoms. The standard InChI is InChI=1S/C15H27F3N6O2S/c1-19-14(20-10-13-11-22-6-8-23(13)9-7-22)21-12-2-4-24(5-3-12)27(25,26)15(16,17)18/h12-13H,2-11H2,1H3,(H2,19,20,21). The summed E-state index contributed by atoms with van der Waals surface area (Å²) in [5.41, 5.74) is -5.24. The Labute approximate surface area is 157 Å². The number of piperidine rings is 1. The van der Waals surface area contributed by atoms with Crippen molar-refractivity contribution < 1.29 is 21.6 Å². The highest BCUT2D eigenvalue weighted by atomic mass is 32.2. The lowest BCUT2D eigenvalue weighted by molar-refractivity contribution is -0.0494. The van der Waals surface area contributed by atoms with Gasteiger partial charge >= 0.3 is 15.5 Å². The van der Waals surface area contributed by atoms with Gasteiger partial charge in [0.2, 0.25) is 0 Å². The minimum atomic E-state index is -5.24. The van der Waals surface area contributed by atoms with Gasteiger partial charge < -0.3 is 10.6 Å². The number of hydrogen-bond acceptors (Lipinski definition) is 5. The number of hydrogen-bond donors (Lipinski definition) is 2. The number of aliphatic imine (C=N–C) groups is 1. The van der Waals surface area contributed by atoms with Crippen molar-refractivity contribution in [2.45, 2.75) is 30.4 Å². The smallest absolute Gasteiger partial charge is 0.355 e. The zero-order valence-electron chi connectivity index (χ0n) is 15.4. The van der Waals surface area contributed by atoms with Crippen LogP contribution in [0.5, 0.6) is 0 Å². The number of rotatable bonds is 4. The average molecular weight is 412 g/mol. The molecule has 8 nitrogen and oxygen atoms in total. The van der Waals surface area contributed by atoms with E-state index < -0.39 is 15.5 Å². The summed E-state index contributed by atoms with van der Waals surface area (Å²) >= 11 is 0. The van der Waals surface area contributed by atoms with Crippen molar-refractivity contribution in [3.05, 3.63) is 0 Å². The maximum absolute atomic E-state index is 12.6. The Morgan fingerprint density at radius 2 is 1.74 bits per heavy atom. The molecule has 0 amide bonds. The lowest BCUT2D eigenvalue weighted by Crippen LogP contribution is -2.64. The molecule has 2 N–H and O–H groups in total. The molecule has 156 valence electrons. The van der Waals surface area contributed by atoms with Gasteiger partial charge in [0.15, 0.2) is 5.96 Å². The number of guanidine groups is 1. The van der Waals surface area contributed by atoms with E-state index in [-0.39, 0.29) is 19.1 Å². The molecule has 27 heavy (non-hydrogen) atoms. The summed E-state index contributed by atoms with van der Waals surface area (Å²) in [6, 6.07) is 0.313. The second-order valence-corrected chi connectivity index (χ2v) is 9.14. The fourth-order valence-electron chi connectivity index (χ4n) is 3.91. The van der Waals surface area contributed by atoms with E-state index in [2.05, 4.69) is 25.4 Å². The molecule has 0 aromatic carbocycles. The van der Waals surface area contributed by atoms with Crippen LogP contribution in [0.3, 0.4) is 0 Å². The highest BCUT2D eigenvalue weighted by Gasteiger charge is 2.50. The second-order valence-electron chi connectivity index (χ2n) is 7.21. The van der Waals surface area contributed by atoms with Crippen molar-refractivity contribution in [1.82, 2.24) is 24.7 Å². The van der Waals surface area contributed by atoms with E-state index in [1.165, 1.54) is 0 Å². The second kappa shape index (κ2) is 8.10. The topological polar surface area (TPSA) is 80.3 Å². The van der Waals surface area contributed by atoms with Crippen molar-refractivity contribution in [2.24, 2.45) is 4.99 Å². The molecule has 0 aromatic heterocycles. The van der Waals surface area contributed by atoms with Gasteiger partial charge in [-0.1, -0.05) is 0 Å². The lowest BCUT2D eigenvalue weighted by Gasteiger charge is -2.47. The summed E-state index contributed by atoms with van der Waals surface area (Å²) in [4.78, 5) is 9.09. The summed E-state index contributed by atoms with van der Waals surface area (Å²) in [6.45, 7) is 5.85. The first-order valence-corrected chi connectivity index (χ1v) is 10.6. The quantitative estimate of drug-likeness (QED) is 0.477. The van der Waals surface area contributed by atoms with Crippen molar-refractivity contribution in [2.75, 3.05) is 59.4 Å². The maximum atomic E-state index is 12.6. The normalized spacial score (nSPS) is 31.1. The average Bonchev–Trinajstić information content (AvgIpc) is 2.65. The molecule has 0 radical (unpaired) electrons. The van der Waals surface area contributed by atoms with E-state index >= 15 is 0 Å². The molecule has 4 aliphatic rings. The number of fused-ring (bicyclic) bond motifs is 3. The Bertz CT molecular complexity index is 640. The van der Waals surface area contributed by atoms with Crippen molar-refractivity contribution in [3.8, 4) is 0 Å². The van der Waals surface area contributed by atoms with E-state index in [0.717, 1.165) is 39.3 Å². The molecule has 4 saturated heterocycles. The molecule has 4 fully saturated rings. The van der Waals surface area contributed by atoms with E-state index in [0.29, 0.717) is 29.1 Å². The van der Waals surface area contributed by atoms with Gasteiger partial charge in [-0.15, -0.1) is 0 Å². The van der Waals surface area contributed by atoms with Crippen LogP contribution in [0.15, 0.2) is 4.99 Å². The fraction of sp³-hybridized carbons (Fsp3) is 0.933. The number of alkyl halides is 3. The van der Waals surface area contributed by atoms with E-state index in [1.54, 1.807) is 7.05 Å². The largest absolute Gasteiger partial charge is 0.511 e. The molecule has 1 atom stereocenters. The zero-order valence-corrected chi connectivity index (χ0v) is 16.2. The first-order valence-electron chi connectivity index (χ1n) is 9.20. The molecule has 0 aliphatic carbocycles. The predicted molar refractivity (Wildman–Crippen MR) is 95.9 cm³/mol. The molecule has 0 aromatic rings. The molecular weight excluding hydrogens is 385 g/mol. The highest BCUT2D eigenvalue weighted by molar-refractivity contribution is 7.90. The fourth-order valence-corrected chi connectivity index (χ4v) is 4.89. The molecule has 4 aliphatic heterocycles. The van der Waals surface area contributed by atoms with Gasteiger partial charge in [0.25, 0.3) is 0 Å². The number of sulfonamides is 1. The lowest BCUT2D eigenvalue weighted by atomic mass is 10.1. The minimum absolute atomic E-state index is 0.109. The molecular formula is C15H27F3N6O2S. The molecule has 4 rings (SSSR count). The van der Waals surface area contributed by atoms with Gasteiger partial charge in [0.05, 0.1) is 0 Å². The van der Waals surface area contributed by atoms with Crippen LogP contribution < -0.4 is 10.6 Å². The van der Waals surface area contributed by atoms with Gasteiger partial charge in [0.1, 0.15) is 0 Å². The minimum Gasteiger partial charge on any atom is -0.355 e. The Morgan fingerprint density at radius 3 is 2.22 bits per heavy atom. The molecule has 1 unspecified atom stereocenters. The van der Waals surface area contributed by atoms with Crippen LogP contribution >= 0.6 is 0 Å². The van der Waals surface area contributed by atoms with Crippen LogP contribution in [0.25, 0.3) is 0 Å². The summed E-state index contributed by atoms with van der Waals surface area (Å²) in [5.74, 6) is 0.602. The maximum Gasteiger partial charge on any atom is 0.511 e. The summed E-state index contributed by atoms with van der Waals surface area (Å²) in [5, 5.41) is 6.50. The summed E-state index contributed by atoms with van der Waals surface area (Å²) < 4.78 is 61.4. The molecule has 2 bridgehead atoms. The van der Waals surface area contributed by atoms with Gasteiger partial charge in [-0.2, -0.15) is 17.5 Å². The summed E-state index contributed by atoms with van der Waals surface area (Å²) in [6.07, 6.45) is 0.610. The van der Waals surface area contributed by atoms with Crippen LogP contribution in [-0.2, 0) is 10.0 Å². The number of nitrogens with zero attached hydrogens (tertiary/aromatic N) is 4. The molecule has 0 saturated carbocycles. The van der Waals surface area contributed by atoms with Crippen LogP contribution in [0.4, 0.5) is 13.2 Å². The van der Waals surface area contributed by atoms with E-state index in [4.69, 9.17) is 0 Å². The third-order valence-corrected chi connectivity index (χ3v) is 7.18. The van der Waals surface area contributed by atoms with E-state index in [9.17, 15) is 21.6 Å². The first kappa shape index (κ1) is 20.6. The van der Waals surface area contributed by atoms with Crippen LogP contribution in [0.1, 0.15) is 12.8 Å².